The summed E-state index contributed by atoms with van der Waals surface area (Å²) >= 11 is 7.11. The first-order valence-electron chi connectivity index (χ1n) is 9.01. The normalized spacial score (nSPS) is 12.9. The number of carbonyl (C=O) groups excluding carboxylic acids is 1. The van der Waals surface area contributed by atoms with Gasteiger partial charge in [-0.3, -0.25) is 4.79 Å². The highest BCUT2D eigenvalue weighted by molar-refractivity contribution is 7.14. The van der Waals surface area contributed by atoms with Gasteiger partial charge < -0.3 is 15.2 Å². The number of anilines is 1. The molecule has 1 aromatic heterocycles. The van der Waals surface area contributed by atoms with E-state index in [1.807, 2.05) is 0 Å². The van der Waals surface area contributed by atoms with Crippen LogP contribution in [0.1, 0.15) is 22.3 Å². The smallest absolute Gasteiger partial charge is 0.339 e. The van der Waals surface area contributed by atoms with Gasteiger partial charge in [0.1, 0.15) is 17.1 Å². The van der Waals surface area contributed by atoms with Crippen LogP contribution in [-0.4, -0.2) is 17.0 Å². The molecule has 2 heterocycles. The van der Waals surface area contributed by atoms with E-state index >= 15 is 0 Å². The molecule has 0 bridgehead atoms. The Bertz CT molecular complexity index is 1170. The molecule has 0 spiro atoms. The van der Waals surface area contributed by atoms with Crippen LogP contribution < -0.4 is 10.1 Å². The van der Waals surface area contributed by atoms with Crippen LogP contribution >= 0.6 is 22.9 Å². The van der Waals surface area contributed by atoms with E-state index in [2.05, 4.69) is 5.32 Å². The van der Waals surface area contributed by atoms with Crippen molar-refractivity contribution in [2.75, 3.05) is 5.32 Å². The Morgan fingerprint density at radius 2 is 1.93 bits per heavy atom. The summed E-state index contributed by atoms with van der Waals surface area (Å²) < 4.78 is 19.2. The molecular weight excluding hydrogens is 429 g/mol. The SMILES string of the molecule is O=C(Nc1csc(-c2ccc(Cl)cc2)c1C(=O)O)C1=CCCc2ccc(F)cc2O1. The molecule has 0 aliphatic carbocycles. The van der Waals surface area contributed by atoms with Crippen molar-refractivity contribution in [1.82, 2.24) is 0 Å². The van der Waals surface area contributed by atoms with Crippen molar-refractivity contribution in [3.8, 4) is 16.2 Å². The highest BCUT2D eigenvalue weighted by atomic mass is 35.5. The fourth-order valence-corrected chi connectivity index (χ4v) is 4.27. The first kappa shape index (κ1) is 20.1. The van der Waals surface area contributed by atoms with Crippen molar-refractivity contribution in [1.29, 1.82) is 0 Å². The second-order valence-corrected chi connectivity index (χ2v) is 7.90. The highest BCUT2D eigenvalue weighted by Crippen LogP contribution is 2.37. The number of nitrogens with one attached hydrogen (secondary N) is 1. The Morgan fingerprint density at radius 1 is 1.17 bits per heavy atom. The van der Waals surface area contributed by atoms with Gasteiger partial charge in [0, 0.05) is 16.5 Å². The Labute approximate surface area is 180 Å². The molecule has 0 unspecified atom stereocenters. The maximum Gasteiger partial charge on any atom is 0.339 e. The first-order valence-corrected chi connectivity index (χ1v) is 10.3. The molecule has 2 N–H and O–H groups in total. The molecule has 1 aliphatic heterocycles. The fraction of sp³-hybridized carbons (Fsp3) is 0.0909. The average Bonchev–Trinajstić information content (AvgIpc) is 3.00. The first-order chi connectivity index (χ1) is 14.4. The van der Waals surface area contributed by atoms with Crippen LogP contribution in [0.5, 0.6) is 5.75 Å². The van der Waals surface area contributed by atoms with Crippen molar-refractivity contribution in [3.63, 3.8) is 0 Å². The number of ether oxygens (including phenoxy) is 1. The van der Waals surface area contributed by atoms with Gasteiger partial charge in [-0.1, -0.05) is 29.8 Å². The van der Waals surface area contributed by atoms with Crippen LogP contribution in [0, 0.1) is 5.82 Å². The monoisotopic (exact) mass is 443 g/mol. The van der Waals surface area contributed by atoms with Crippen molar-refractivity contribution in [3.05, 3.63) is 81.6 Å². The lowest BCUT2D eigenvalue weighted by Gasteiger charge is -2.11. The summed E-state index contributed by atoms with van der Waals surface area (Å²) in [5, 5.41) is 14.4. The van der Waals surface area contributed by atoms with Gasteiger partial charge in [-0.25, -0.2) is 9.18 Å². The Kier molecular flexibility index (Phi) is 5.57. The minimum absolute atomic E-state index is 0.00469. The summed E-state index contributed by atoms with van der Waals surface area (Å²) in [5.74, 6) is -1.96. The lowest BCUT2D eigenvalue weighted by Crippen LogP contribution is -2.19. The maximum atomic E-state index is 13.6. The van der Waals surface area contributed by atoms with Gasteiger partial charge in [-0.2, -0.15) is 0 Å². The van der Waals surface area contributed by atoms with Gasteiger partial charge in [-0.05, 0) is 48.2 Å². The summed E-state index contributed by atoms with van der Waals surface area (Å²) in [6, 6.07) is 11.0. The maximum absolute atomic E-state index is 13.6. The van der Waals surface area contributed by atoms with Crippen molar-refractivity contribution in [2.24, 2.45) is 0 Å². The zero-order valence-electron chi connectivity index (χ0n) is 15.4. The van der Waals surface area contributed by atoms with E-state index < -0.39 is 17.7 Å². The van der Waals surface area contributed by atoms with Crippen LogP contribution in [0.15, 0.2) is 59.7 Å². The number of aryl methyl sites for hydroxylation is 1. The van der Waals surface area contributed by atoms with Gasteiger partial charge in [-0.15, -0.1) is 11.3 Å². The average molecular weight is 444 g/mol. The summed E-state index contributed by atoms with van der Waals surface area (Å²) in [7, 11) is 0. The van der Waals surface area contributed by atoms with Crippen molar-refractivity contribution >= 4 is 40.5 Å². The number of amides is 1. The number of benzene rings is 2. The van der Waals surface area contributed by atoms with Crippen LogP contribution in [0.4, 0.5) is 10.1 Å². The Hall–Kier alpha value is -3.16. The second kappa shape index (κ2) is 8.30. The van der Waals surface area contributed by atoms with E-state index in [1.54, 1.807) is 41.8 Å². The molecule has 30 heavy (non-hydrogen) atoms. The molecule has 152 valence electrons. The number of allylic oxidation sites excluding steroid dienone is 1. The molecule has 3 aromatic rings. The molecule has 0 fully saturated rings. The number of aromatic carboxylic acids is 1. The van der Waals surface area contributed by atoms with Gasteiger partial charge in [0.25, 0.3) is 5.91 Å². The fourth-order valence-electron chi connectivity index (χ4n) is 3.15. The van der Waals surface area contributed by atoms with E-state index in [9.17, 15) is 19.1 Å². The third-order valence-corrected chi connectivity index (χ3v) is 5.86. The summed E-state index contributed by atoms with van der Waals surface area (Å²) in [5.41, 5.74) is 1.62. The molecule has 1 amide bonds. The lowest BCUT2D eigenvalue weighted by atomic mass is 10.1. The minimum atomic E-state index is -1.17. The molecule has 5 nitrogen and oxygen atoms in total. The van der Waals surface area contributed by atoms with Crippen LogP contribution in [-0.2, 0) is 11.2 Å². The van der Waals surface area contributed by atoms with Crippen molar-refractivity contribution < 1.29 is 23.8 Å². The Morgan fingerprint density at radius 3 is 2.67 bits per heavy atom. The van der Waals surface area contributed by atoms with Crippen LogP contribution in [0.2, 0.25) is 5.02 Å². The number of carboxylic acids is 1. The predicted octanol–water partition coefficient (Wildman–Crippen LogP) is 5.75. The lowest BCUT2D eigenvalue weighted by molar-refractivity contribution is -0.114. The van der Waals surface area contributed by atoms with Gasteiger partial charge >= 0.3 is 5.97 Å². The largest absolute Gasteiger partial charge is 0.478 e. The topological polar surface area (TPSA) is 75.6 Å². The van der Waals surface area contributed by atoms with E-state index in [0.717, 1.165) is 5.56 Å². The molecule has 0 saturated carbocycles. The molecule has 4 rings (SSSR count). The molecule has 0 saturated heterocycles. The van der Waals surface area contributed by atoms with Crippen molar-refractivity contribution in [2.45, 2.75) is 12.8 Å². The summed E-state index contributed by atoms with van der Waals surface area (Å²) in [4.78, 5) is 25.2. The number of halogens is 2. The third kappa shape index (κ3) is 4.08. The molecule has 0 radical (unpaired) electrons. The molecule has 1 aliphatic rings. The number of carboxylic acid groups (broad SMARTS) is 1. The number of thiophene rings is 1. The van der Waals surface area contributed by atoms with E-state index in [4.69, 9.17) is 16.3 Å². The molecule has 2 aromatic carbocycles. The number of fused-ring (bicyclic) bond motifs is 1. The number of rotatable bonds is 4. The predicted molar refractivity (Wildman–Crippen MR) is 114 cm³/mol. The van der Waals surface area contributed by atoms with Gasteiger partial charge in [0.2, 0.25) is 0 Å². The third-order valence-electron chi connectivity index (χ3n) is 4.58. The molecule has 0 atom stereocenters. The van der Waals surface area contributed by atoms with Crippen LogP contribution in [0.25, 0.3) is 10.4 Å². The molecular formula is C22H15ClFNO4S. The number of hydrogen-bond acceptors (Lipinski definition) is 4. The number of hydrogen-bond donors (Lipinski definition) is 2. The van der Waals surface area contributed by atoms with E-state index in [-0.39, 0.29) is 22.8 Å². The number of carbonyl (C=O) groups is 2. The zero-order chi connectivity index (χ0) is 21.3. The van der Waals surface area contributed by atoms with E-state index in [0.29, 0.717) is 28.3 Å². The van der Waals surface area contributed by atoms with Gasteiger partial charge in [0.05, 0.1) is 10.6 Å². The van der Waals surface area contributed by atoms with Crippen LogP contribution in [0.3, 0.4) is 0 Å². The standard InChI is InChI=1S/C22H15ClFNO4S/c23-14-7-4-13(5-8-14)20-19(22(27)28)16(11-30-20)25-21(26)17-3-1-2-12-6-9-15(24)10-18(12)29-17/h3-11H,1-2H2,(H,25,26)(H,27,28). The summed E-state index contributed by atoms with van der Waals surface area (Å²) in [6.45, 7) is 0. The zero-order valence-corrected chi connectivity index (χ0v) is 17.0. The quantitative estimate of drug-likeness (QED) is 0.538. The summed E-state index contributed by atoms with van der Waals surface area (Å²) in [6.07, 6.45) is 2.75. The second-order valence-electron chi connectivity index (χ2n) is 6.58. The minimum Gasteiger partial charge on any atom is -0.478 e. The molecule has 8 heteroatoms. The van der Waals surface area contributed by atoms with Gasteiger partial charge in [0.15, 0.2) is 5.76 Å². The highest BCUT2D eigenvalue weighted by Gasteiger charge is 2.24. The van der Waals surface area contributed by atoms with E-state index in [1.165, 1.54) is 23.5 Å². The Balaban J connectivity index is 1.61.